The van der Waals surface area contributed by atoms with E-state index >= 15 is 0 Å². The van der Waals surface area contributed by atoms with Gasteiger partial charge in [-0.25, -0.2) is 0 Å². The Morgan fingerprint density at radius 3 is 2.32 bits per heavy atom. The van der Waals surface area contributed by atoms with Gasteiger partial charge in [-0.05, 0) is 12.8 Å². The van der Waals surface area contributed by atoms with Gasteiger partial charge in [-0.3, -0.25) is 14.9 Å². The van der Waals surface area contributed by atoms with Crippen LogP contribution in [0, 0.1) is 10.1 Å². The van der Waals surface area contributed by atoms with Gasteiger partial charge < -0.3 is 4.90 Å². The van der Waals surface area contributed by atoms with Gasteiger partial charge in [-0.15, -0.1) is 0 Å². The highest BCUT2D eigenvalue weighted by Crippen LogP contribution is 2.18. The van der Waals surface area contributed by atoms with E-state index in [0.29, 0.717) is 18.7 Å². The predicted molar refractivity (Wildman–Crippen MR) is 74.0 cm³/mol. The molecular formula is C14H20N2O3. The van der Waals surface area contributed by atoms with Gasteiger partial charge in [0, 0.05) is 24.7 Å². The molecule has 1 aromatic rings. The molecule has 0 saturated heterocycles. The quantitative estimate of drug-likeness (QED) is 0.562. The van der Waals surface area contributed by atoms with Gasteiger partial charge in [-0.1, -0.05) is 32.0 Å². The summed E-state index contributed by atoms with van der Waals surface area (Å²) in [5.41, 5.74) is 0.499. The molecule has 1 aromatic carbocycles. The summed E-state index contributed by atoms with van der Waals surface area (Å²) >= 11 is 0. The molecule has 0 atom stereocenters. The SMILES string of the molecule is CCCN(CCC)C(=O)Cc1ccccc1[N+](=O)[O-]. The average Bonchev–Trinajstić information content (AvgIpc) is 2.38. The van der Waals surface area contributed by atoms with E-state index in [2.05, 4.69) is 0 Å². The number of nitrogens with zero attached hydrogens (tertiary/aromatic N) is 2. The van der Waals surface area contributed by atoms with Crippen molar-refractivity contribution in [2.24, 2.45) is 0 Å². The van der Waals surface area contributed by atoms with Crippen molar-refractivity contribution >= 4 is 11.6 Å². The Bertz CT molecular complexity index is 440. The molecular weight excluding hydrogens is 244 g/mol. The van der Waals surface area contributed by atoms with Crippen LogP contribution in [0.1, 0.15) is 32.3 Å². The van der Waals surface area contributed by atoms with Gasteiger partial charge in [0.1, 0.15) is 0 Å². The monoisotopic (exact) mass is 264 g/mol. The Balaban J connectivity index is 2.83. The molecule has 0 saturated carbocycles. The molecule has 1 amide bonds. The fraction of sp³-hybridized carbons (Fsp3) is 0.500. The average molecular weight is 264 g/mol. The smallest absolute Gasteiger partial charge is 0.273 e. The molecule has 0 aliphatic carbocycles. The molecule has 5 nitrogen and oxygen atoms in total. The Morgan fingerprint density at radius 2 is 1.79 bits per heavy atom. The minimum absolute atomic E-state index is 0.0174. The van der Waals surface area contributed by atoms with E-state index in [1.807, 2.05) is 13.8 Å². The van der Waals surface area contributed by atoms with Crippen molar-refractivity contribution in [1.29, 1.82) is 0 Å². The third-order valence-corrected chi connectivity index (χ3v) is 2.87. The summed E-state index contributed by atoms with van der Waals surface area (Å²) in [5.74, 6) is -0.0435. The van der Waals surface area contributed by atoms with Gasteiger partial charge in [0.05, 0.1) is 11.3 Å². The Hall–Kier alpha value is -1.91. The highest BCUT2D eigenvalue weighted by atomic mass is 16.6. The molecule has 0 aliphatic rings. The van der Waals surface area contributed by atoms with E-state index < -0.39 is 4.92 Å². The van der Waals surface area contributed by atoms with E-state index in [4.69, 9.17) is 0 Å². The zero-order valence-corrected chi connectivity index (χ0v) is 11.5. The number of rotatable bonds is 7. The third kappa shape index (κ3) is 4.35. The van der Waals surface area contributed by atoms with Crippen LogP contribution in [0.4, 0.5) is 5.69 Å². The Kier molecular flexibility index (Phi) is 5.99. The van der Waals surface area contributed by atoms with Crippen LogP contribution in [0.2, 0.25) is 0 Å². The summed E-state index contributed by atoms with van der Waals surface area (Å²) in [4.78, 5) is 24.4. The van der Waals surface area contributed by atoms with Gasteiger partial charge in [0.2, 0.25) is 5.91 Å². The highest BCUT2D eigenvalue weighted by molar-refractivity contribution is 5.79. The number of nitro groups is 1. The van der Waals surface area contributed by atoms with Crippen LogP contribution in [-0.4, -0.2) is 28.8 Å². The molecule has 0 unspecified atom stereocenters. The number of amides is 1. The highest BCUT2D eigenvalue weighted by Gasteiger charge is 2.18. The van der Waals surface area contributed by atoms with Crippen molar-refractivity contribution in [3.8, 4) is 0 Å². The summed E-state index contributed by atoms with van der Waals surface area (Å²) in [5, 5.41) is 10.9. The first-order valence-corrected chi connectivity index (χ1v) is 6.60. The molecule has 19 heavy (non-hydrogen) atoms. The van der Waals surface area contributed by atoms with Crippen molar-refractivity contribution in [3.05, 3.63) is 39.9 Å². The summed E-state index contributed by atoms with van der Waals surface area (Å²) in [7, 11) is 0. The number of hydrogen-bond acceptors (Lipinski definition) is 3. The molecule has 0 fully saturated rings. The van der Waals surface area contributed by atoms with E-state index in [9.17, 15) is 14.9 Å². The topological polar surface area (TPSA) is 63.5 Å². The van der Waals surface area contributed by atoms with Crippen LogP contribution in [-0.2, 0) is 11.2 Å². The van der Waals surface area contributed by atoms with Crippen LogP contribution >= 0.6 is 0 Å². The minimum atomic E-state index is -0.438. The minimum Gasteiger partial charge on any atom is -0.342 e. The van der Waals surface area contributed by atoms with Crippen molar-refractivity contribution < 1.29 is 9.72 Å². The lowest BCUT2D eigenvalue weighted by Crippen LogP contribution is -2.33. The molecule has 0 heterocycles. The molecule has 0 aliphatic heterocycles. The maximum atomic E-state index is 12.2. The lowest BCUT2D eigenvalue weighted by atomic mass is 10.1. The zero-order valence-electron chi connectivity index (χ0n) is 11.5. The number of carbonyl (C=O) groups is 1. The first-order valence-electron chi connectivity index (χ1n) is 6.60. The van der Waals surface area contributed by atoms with Crippen molar-refractivity contribution in [3.63, 3.8) is 0 Å². The van der Waals surface area contributed by atoms with E-state index in [-0.39, 0.29) is 18.0 Å². The largest absolute Gasteiger partial charge is 0.342 e. The molecule has 0 N–H and O–H groups in total. The van der Waals surface area contributed by atoms with Crippen LogP contribution in [0.3, 0.4) is 0 Å². The number of hydrogen-bond donors (Lipinski definition) is 0. The second kappa shape index (κ2) is 7.51. The van der Waals surface area contributed by atoms with E-state index in [1.165, 1.54) is 6.07 Å². The molecule has 0 radical (unpaired) electrons. The van der Waals surface area contributed by atoms with Crippen LogP contribution in [0.25, 0.3) is 0 Å². The maximum Gasteiger partial charge on any atom is 0.273 e. The Labute approximate surface area is 113 Å². The fourth-order valence-corrected chi connectivity index (χ4v) is 2.01. The second-order valence-electron chi connectivity index (χ2n) is 4.44. The number of benzene rings is 1. The summed E-state index contributed by atoms with van der Waals surface area (Å²) in [6, 6.07) is 6.42. The van der Waals surface area contributed by atoms with Gasteiger partial charge >= 0.3 is 0 Å². The van der Waals surface area contributed by atoms with Crippen molar-refractivity contribution in [2.45, 2.75) is 33.1 Å². The van der Waals surface area contributed by atoms with Gasteiger partial charge in [-0.2, -0.15) is 0 Å². The standard InChI is InChI=1S/C14H20N2O3/c1-3-9-15(10-4-2)14(17)11-12-7-5-6-8-13(12)16(18)19/h5-8H,3-4,9-11H2,1-2H3. The van der Waals surface area contributed by atoms with Crippen LogP contribution < -0.4 is 0 Å². The first kappa shape index (κ1) is 15.1. The molecule has 0 aromatic heterocycles. The maximum absolute atomic E-state index is 12.2. The number of carbonyl (C=O) groups excluding carboxylic acids is 1. The summed E-state index contributed by atoms with van der Waals surface area (Å²) < 4.78 is 0. The lowest BCUT2D eigenvalue weighted by Gasteiger charge is -2.21. The number of para-hydroxylation sites is 1. The molecule has 5 heteroatoms. The summed E-state index contributed by atoms with van der Waals surface area (Å²) in [6.45, 7) is 5.43. The van der Waals surface area contributed by atoms with Crippen LogP contribution in [0.5, 0.6) is 0 Å². The molecule has 1 rings (SSSR count). The zero-order chi connectivity index (χ0) is 14.3. The second-order valence-corrected chi connectivity index (χ2v) is 4.44. The predicted octanol–water partition coefficient (Wildman–Crippen LogP) is 2.79. The molecule has 104 valence electrons. The summed E-state index contributed by atoms with van der Waals surface area (Å²) in [6.07, 6.45) is 1.88. The molecule has 0 spiro atoms. The Morgan fingerprint density at radius 1 is 1.21 bits per heavy atom. The number of nitro benzene ring substituents is 1. The van der Waals surface area contributed by atoms with Crippen LogP contribution in [0.15, 0.2) is 24.3 Å². The first-order chi connectivity index (χ1) is 9.10. The van der Waals surface area contributed by atoms with E-state index in [0.717, 1.165) is 12.8 Å². The lowest BCUT2D eigenvalue weighted by molar-refractivity contribution is -0.385. The fourth-order valence-electron chi connectivity index (χ4n) is 2.01. The van der Waals surface area contributed by atoms with Crippen molar-refractivity contribution in [1.82, 2.24) is 4.90 Å². The van der Waals surface area contributed by atoms with Gasteiger partial charge in [0.15, 0.2) is 0 Å². The third-order valence-electron chi connectivity index (χ3n) is 2.87. The molecule has 0 bridgehead atoms. The van der Waals surface area contributed by atoms with E-state index in [1.54, 1.807) is 23.1 Å². The van der Waals surface area contributed by atoms with Crippen molar-refractivity contribution in [2.75, 3.05) is 13.1 Å². The normalized spacial score (nSPS) is 10.2. The van der Waals surface area contributed by atoms with Gasteiger partial charge in [0.25, 0.3) is 5.69 Å².